The second-order valence-corrected chi connectivity index (χ2v) is 18.0. The van der Waals surface area contributed by atoms with Crippen LogP contribution in [0.4, 0.5) is 17.1 Å². The lowest BCUT2D eigenvalue weighted by atomic mass is 9.91. The Morgan fingerprint density at radius 1 is 0.265 bits per heavy atom. The van der Waals surface area contributed by atoms with Crippen LogP contribution < -0.4 is 4.90 Å². The number of nitrogens with zero attached hydrogens (tertiary/aromatic N) is 2. The zero-order valence-corrected chi connectivity index (χ0v) is 37.1. The fourth-order valence-electron chi connectivity index (χ4n) is 11.2. The third-order valence-electron chi connectivity index (χ3n) is 14.3. The van der Waals surface area contributed by atoms with Gasteiger partial charge in [-0.3, -0.25) is 0 Å². The molecule has 0 radical (unpaired) electrons. The predicted octanol–water partition coefficient (Wildman–Crippen LogP) is 17.7. The summed E-state index contributed by atoms with van der Waals surface area (Å²) in [5, 5.41) is 4.90. The molecule has 0 N–H and O–H groups in total. The minimum Gasteiger partial charge on any atom is -0.310 e. The molecule has 2 aliphatic rings. The van der Waals surface area contributed by atoms with Gasteiger partial charge in [0, 0.05) is 33.2 Å². The van der Waals surface area contributed by atoms with Crippen LogP contribution in [-0.2, 0) is 0 Å². The average molecular weight is 863 g/mol. The van der Waals surface area contributed by atoms with Crippen molar-refractivity contribution in [3.63, 3.8) is 0 Å². The summed E-state index contributed by atoms with van der Waals surface area (Å²) in [6.07, 6.45) is 0. The van der Waals surface area contributed by atoms with Gasteiger partial charge in [0.1, 0.15) is 0 Å². The van der Waals surface area contributed by atoms with Crippen molar-refractivity contribution in [2.45, 2.75) is 0 Å². The maximum Gasteiger partial charge on any atom is 0.0541 e. The number of para-hydroxylation sites is 1. The molecule has 12 aromatic rings. The molecule has 1 heterocycles. The van der Waals surface area contributed by atoms with Crippen LogP contribution in [0.15, 0.2) is 255 Å². The third kappa shape index (κ3) is 5.91. The molecule has 68 heavy (non-hydrogen) atoms. The van der Waals surface area contributed by atoms with Crippen LogP contribution in [0.3, 0.4) is 0 Å². The maximum atomic E-state index is 2.45. The van der Waals surface area contributed by atoms with E-state index in [-0.39, 0.29) is 0 Å². The molecule has 1 aromatic heterocycles. The van der Waals surface area contributed by atoms with E-state index < -0.39 is 0 Å². The topological polar surface area (TPSA) is 8.17 Å². The smallest absolute Gasteiger partial charge is 0.0541 e. The van der Waals surface area contributed by atoms with Crippen molar-refractivity contribution < 1.29 is 0 Å². The van der Waals surface area contributed by atoms with Gasteiger partial charge < -0.3 is 9.47 Å². The minimum atomic E-state index is 1.10. The average Bonchev–Trinajstić information content (AvgIpc) is 4.04. The fourth-order valence-corrected chi connectivity index (χ4v) is 11.2. The molecule has 0 saturated carbocycles. The first-order chi connectivity index (χ1) is 33.7. The van der Waals surface area contributed by atoms with E-state index in [1.54, 1.807) is 0 Å². The van der Waals surface area contributed by atoms with Crippen LogP contribution in [0, 0.1) is 0 Å². The summed E-state index contributed by atoms with van der Waals surface area (Å²) in [5.74, 6) is 0. The molecule has 0 fully saturated rings. The van der Waals surface area contributed by atoms with Gasteiger partial charge in [-0.2, -0.15) is 0 Å². The Morgan fingerprint density at radius 3 is 1.46 bits per heavy atom. The number of fused-ring (bicyclic) bond motifs is 10. The molecule has 0 amide bonds. The lowest BCUT2D eigenvalue weighted by molar-refractivity contribution is 1.18. The second-order valence-electron chi connectivity index (χ2n) is 18.0. The molecule has 2 nitrogen and oxygen atoms in total. The summed E-state index contributed by atoms with van der Waals surface area (Å²) in [6.45, 7) is 0. The number of rotatable bonds is 6. The van der Waals surface area contributed by atoms with Crippen molar-refractivity contribution >= 4 is 60.8 Å². The SMILES string of the molecule is c1ccc(-c2ccc(-n3c4ccccc4c4cc(-c5ccc(N(c6ccc7c(c6)C(=C6c8ccccc8-c8ccccc86)c6ccccc6-7)c6cccc7ccccc67)cc5)ccc43)cc2)cc1. The van der Waals surface area contributed by atoms with Crippen LogP contribution in [0.25, 0.3) is 93.9 Å². The van der Waals surface area contributed by atoms with Crippen molar-refractivity contribution in [2.24, 2.45) is 0 Å². The molecule has 14 rings (SSSR count). The molecule has 0 atom stereocenters. The summed E-state index contributed by atoms with van der Waals surface area (Å²) < 4.78 is 2.40. The number of benzene rings is 11. The highest BCUT2D eigenvalue weighted by molar-refractivity contribution is 6.19. The minimum absolute atomic E-state index is 1.10. The van der Waals surface area contributed by atoms with E-state index in [9.17, 15) is 0 Å². The van der Waals surface area contributed by atoms with E-state index in [0.29, 0.717) is 0 Å². The van der Waals surface area contributed by atoms with Crippen molar-refractivity contribution in [2.75, 3.05) is 4.90 Å². The Kier molecular flexibility index (Phi) is 8.62. The predicted molar refractivity (Wildman–Crippen MR) is 286 cm³/mol. The van der Waals surface area contributed by atoms with Gasteiger partial charge in [0.15, 0.2) is 0 Å². The van der Waals surface area contributed by atoms with Gasteiger partial charge >= 0.3 is 0 Å². The molecule has 316 valence electrons. The lowest BCUT2D eigenvalue weighted by Gasteiger charge is -2.28. The van der Waals surface area contributed by atoms with Crippen LogP contribution >= 0.6 is 0 Å². The highest BCUT2D eigenvalue weighted by Gasteiger charge is 2.33. The zero-order chi connectivity index (χ0) is 44.7. The summed E-state index contributed by atoms with van der Waals surface area (Å²) >= 11 is 0. The fraction of sp³-hybridized carbons (Fsp3) is 0. The number of aromatic nitrogens is 1. The molecule has 0 saturated heterocycles. The molecular formula is C66H42N2. The maximum absolute atomic E-state index is 2.45. The van der Waals surface area contributed by atoms with E-state index in [1.165, 1.54) is 110 Å². The van der Waals surface area contributed by atoms with Gasteiger partial charge in [-0.1, -0.05) is 194 Å². The van der Waals surface area contributed by atoms with Crippen molar-refractivity contribution in [1.82, 2.24) is 4.57 Å². The Labute approximate surface area is 395 Å². The zero-order valence-electron chi connectivity index (χ0n) is 37.1. The van der Waals surface area contributed by atoms with Gasteiger partial charge in [0.2, 0.25) is 0 Å². The quantitative estimate of drug-likeness (QED) is 0.162. The standard InChI is InChI=1S/C66H42N2/c1-2-15-43(16-3-1)44-29-36-49(37-30-44)68-63-27-13-12-23-56(63)60-41-47(33-40-64(60)68)45-31-34-48(35-32-45)67(62-28-14-18-46-17-4-5-19-51(46)62)50-38-39-55-54-22-8-11-26-59(54)66(61(55)42-50)65-57-24-9-6-20-52(57)53-21-7-10-25-58(53)65/h1-42H. The van der Waals surface area contributed by atoms with E-state index in [1.807, 2.05) is 0 Å². The van der Waals surface area contributed by atoms with Gasteiger partial charge in [0.05, 0.1) is 16.7 Å². The summed E-state index contributed by atoms with van der Waals surface area (Å²) in [4.78, 5) is 2.45. The van der Waals surface area contributed by atoms with Gasteiger partial charge in [-0.25, -0.2) is 0 Å². The number of anilines is 3. The Hall–Kier alpha value is -8.98. The van der Waals surface area contributed by atoms with Crippen LogP contribution in [0.2, 0.25) is 0 Å². The molecule has 0 spiro atoms. The van der Waals surface area contributed by atoms with Gasteiger partial charge in [-0.15, -0.1) is 0 Å². The van der Waals surface area contributed by atoms with E-state index in [0.717, 1.165) is 22.7 Å². The molecule has 0 bridgehead atoms. The number of hydrogen-bond acceptors (Lipinski definition) is 1. The van der Waals surface area contributed by atoms with Crippen molar-refractivity contribution in [3.05, 3.63) is 277 Å². The largest absolute Gasteiger partial charge is 0.310 e. The molecular weight excluding hydrogens is 821 g/mol. The van der Waals surface area contributed by atoms with E-state index in [2.05, 4.69) is 264 Å². The second kappa shape index (κ2) is 15.3. The molecule has 0 aliphatic heterocycles. The van der Waals surface area contributed by atoms with Crippen molar-refractivity contribution in [1.29, 1.82) is 0 Å². The third-order valence-corrected chi connectivity index (χ3v) is 14.3. The van der Waals surface area contributed by atoms with Crippen LogP contribution in [0.5, 0.6) is 0 Å². The first kappa shape index (κ1) is 38.3. The lowest BCUT2D eigenvalue weighted by Crippen LogP contribution is -2.11. The summed E-state index contributed by atoms with van der Waals surface area (Å²) in [7, 11) is 0. The highest BCUT2D eigenvalue weighted by Crippen LogP contribution is 2.55. The molecule has 11 aromatic carbocycles. The monoisotopic (exact) mass is 862 g/mol. The molecule has 2 aliphatic carbocycles. The van der Waals surface area contributed by atoms with Crippen LogP contribution in [-0.4, -0.2) is 4.57 Å². The molecule has 0 unspecified atom stereocenters. The van der Waals surface area contributed by atoms with E-state index >= 15 is 0 Å². The van der Waals surface area contributed by atoms with Crippen LogP contribution in [0.1, 0.15) is 22.3 Å². The number of hydrogen-bond donors (Lipinski definition) is 0. The highest BCUT2D eigenvalue weighted by atomic mass is 15.1. The normalized spacial score (nSPS) is 12.4. The van der Waals surface area contributed by atoms with Gasteiger partial charge in [-0.05, 0) is 144 Å². The molecule has 2 heteroatoms. The van der Waals surface area contributed by atoms with Crippen molar-refractivity contribution in [3.8, 4) is 50.2 Å². The van der Waals surface area contributed by atoms with Gasteiger partial charge in [0.25, 0.3) is 0 Å². The first-order valence-electron chi connectivity index (χ1n) is 23.5. The Morgan fingerprint density at radius 2 is 0.750 bits per heavy atom. The summed E-state index contributed by atoms with van der Waals surface area (Å²) in [6, 6.07) is 93.7. The van der Waals surface area contributed by atoms with E-state index in [4.69, 9.17) is 0 Å². The Balaban J connectivity index is 0.902. The summed E-state index contributed by atoms with van der Waals surface area (Å²) in [5.41, 5.74) is 24.6. The first-order valence-corrected chi connectivity index (χ1v) is 23.5. The Bertz CT molecular complexity index is 3950.